The molecule has 6 heteroatoms. The molecule has 2 N–H and O–H groups in total. The summed E-state index contributed by atoms with van der Waals surface area (Å²) in [7, 11) is 1.68. The quantitative estimate of drug-likeness (QED) is 0.856. The van der Waals surface area contributed by atoms with E-state index in [1.165, 1.54) is 24.2 Å². The molecule has 2 fully saturated rings. The fourth-order valence-corrected chi connectivity index (χ4v) is 5.63. The SMILES string of the molecule is COc1ccccc1Sc1ccc(C(=O)N[C@@H]2C[C@H]3CC[C@@H]2N3)s1. The van der Waals surface area contributed by atoms with Gasteiger partial charge >= 0.3 is 0 Å². The summed E-state index contributed by atoms with van der Waals surface area (Å²) < 4.78 is 6.48. The average Bonchev–Trinajstić information content (AvgIpc) is 3.32. The van der Waals surface area contributed by atoms with Crippen LogP contribution in [0.5, 0.6) is 5.75 Å². The lowest BCUT2D eigenvalue weighted by Crippen LogP contribution is -2.42. The summed E-state index contributed by atoms with van der Waals surface area (Å²) in [5, 5.41) is 6.76. The smallest absolute Gasteiger partial charge is 0.261 e. The van der Waals surface area contributed by atoms with E-state index in [1.54, 1.807) is 18.9 Å². The fraction of sp³-hybridized carbons (Fsp3) is 0.389. The molecular weight excluding hydrogens is 340 g/mol. The number of ether oxygens (including phenoxy) is 1. The summed E-state index contributed by atoms with van der Waals surface area (Å²) in [4.78, 5) is 14.3. The molecule has 3 atom stereocenters. The van der Waals surface area contributed by atoms with Crippen LogP contribution in [0, 0.1) is 0 Å². The van der Waals surface area contributed by atoms with Crippen molar-refractivity contribution in [3.8, 4) is 5.75 Å². The van der Waals surface area contributed by atoms with Gasteiger partial charge in [0.1, 0.15) is 5.75 Å². The summed E-state index contributed by atoms with van der Waals surface area (Å²) in [6, 6.07) is 13.2. The monoisotopic (exact) mass is 360 g/mol. The largest absolute Gasteiger partial charge is 0.496 e. The molecule has 0 aliphatic carbocycles. The van der Waals surface area contributed by atoms with E-state index < -0.39 is 0 Å². The first-order valence-electron chi connectivity index (χ1n) is 8.20. The van der Waals surface area contributed by atoms with Crippen molar-refractivity contribution in [2.45, 2.75) is 46.5 Å². The minimum atomic E-state index is 0.0474. The van der Waals surface area contributed by atoms with Crippen LogP contribution in [0.15, 0.2) is 45.5 Å². The van der Waals surface area contributed by atoms with Gasteiger partial charge in [0, 0.05) is 18.1 Å². The van der Waals surface area contributed by atoms with Crippen LogP contribution >= 0.6 is 23.1 Å². The van der Waals surface area contributed by atoms with E-state index in [2.05, 4.69) is 10.6 Å². The van der Waals surface area contributed by atoms with Crippen molar-refractivity contribution >= 4 is 29.0 Å². The van der Waals surface area contributed by atoms with Crippen LogP contribution in [0.1, 0.15) is 28.9 Å². The van der Waals surface area contributed by atoms with Crippen LogP contribution in [0.4, 0.5) is 0 Å². The van der Waals surface area contributed by atoms with Gasteiger partial charge in [-0.2, -0.15) is 0 Å². The lowest BCUT2D eigenvalue weighted by molar-refractivity contribution is 0.0935. The Bertz CT molecular complexity index is 746. The highest BCUT2D eigenvalue weighted by molar-refractivity contribution is 8.01. The number of hydrogen-bond acceptors (Lipinski definition) is 5. The number of hydrogen-bond donors (Lipinski definition) is 2. The van der Waals surface area contributed by atoms with Gasteiger partial charge in [-0.25, -0.2) is 0 Å². The van der Waals surface area contributed by atoms with Gasteiger partial charge in [-0.1, -0.05) is 23.9 Å². The molecule has 2 aliphatic heterocycles. The summed E-state index contributed by atoms with van der Waals surface area (Å²) in [6.07, 6.45) is 3.48. The Morgan fingerprint density at radius 3 is 2.92 bits per heavy atom. The number of rotatable bonds is 5. The number of para-hydroxylation sites is 1. The van der Waals surface area contributed by atoms with Crippen molar-refractivity contribution in [1.82, 2.24) is 10.6 Å². The van der Waals surface area contributed by atoms with E-state index in [9.17, 15) is 4.79 Å². The zero-order valence-corrected chi connectivity index (χ0v) is 15.1. The molecular formula is C18H20N2O2S2. The molecule has 4 nitrogen and oxygen atoms in total. The first kappa shape index (κ1) is 16.0. The molecule has 126 valence electrons. The van der Waals surface area contributed by atoms with Gasteiger partial charge < -0.3 is 15.4 Å². The number of amides is 1. The molecule has 1 aromatic heterocycles. The summed E-state index contributed by atoms with van der Waals surface area (Å²) in [6.45, 7) is 0. The molecule has 2 saturated heterocycles. The normalized spacial score (nSPS) is 25.0. The molecule has 1 aromatic carbocycles. The van der Waals surface area contributed by atoms with Gasteiger partial charge in [0.2, 0.25) is 0 Å². The highest BCUT2D eigenvalue weighted by Gasteiger charge is 2.39. The van der Waals surface area contributed by atoms with Gasteiger partial charge in [-0.3, -0.25) is 4.79 Å². The number of nitrogens with one attached hydrogen (secondary N) is 2. The Hall–Kier alpha value is -1.50. The van der Waals surface area contributed by atoms with Crippen molar-refractivity contribution in [2.24, 2.45) is 0 Å². The lowest BCUT2D eigenvalue weighted by Gasteiger charge is -2.20. The predicted octanol–water partition coefficient (Wildman–Crippen LogP) is 3.53. The topological polar surface area (TPSA) is 50.4 Å². The van der Waals surface area contributed by atoms with E-state index in [-0.39, 0.29) is 11.9 Å². The van der Waals surface area contributed by atoms with Gasteiger partial charge in [-0.15, -0.1) is 11.3 Å². The maximum atomic E-state index is 12.5. The van der Waals surface area contributed by atoms with E-state index >= 15 is 0 Å². The Kier molecular flexibility index (Phi) is 4.52. The fourth-order valence-electron chi connectivity index (χ4n) is 3.53. The van der Waals surface area contributed by atoms with Gasteiger partial charge in [0.15, 0.2) is 0 Å². The molecule has 3 heterocycles. The maximum absolute atomic E-state index is 12.5. The first-order chi connectivity index (χ1) is 11.7. The third-order valence-electron chi connectivity index (χ3n) is 4.70. The molecule has 2 bridgehead atoms. The van der Waals surface area contributed by atoms with E-state index in [0.717, 1.165) is 26.2 Å². The zero-order valence-electron chi connectivity index (χ0n) is 13.5. The highest BCUT2D eigenvalue weighted by atomic mass is 32.2. The third kappa shape index (κ3) is 3.18. The van der Waals surface area contributed by atoms with E-state index in [1.807, 2.05) is 36.4 Å². The van der Waals surface area contributed by atoms with Crippen molar-refractivity contribution in [1.29, 1.82) is 0 Å². The second-order valence-corrected chi connectivity index (χ2v) is 8.66. The molecule has 0 radical (unpaired) electrons. The molecule has 24 heavy (non-hydrogen) atoms. The standard InChI is InChI=1S/C18H20N2O2S2/c1-22-14-4-2-3-5-15(14)23-17-9-8-16(24-17)18(21)20-13-10-11-6-7-12(13)19-11/h2-5,8-9,11-13,19H,6-7,10H2,1H3,(H,20,21)/t11-,12+,13-/m1/s1. The van der Waals surface area contributed by atoms with Crippen LogP contribution < -0.4 is 15.4 Å². The van der Waals surface area contributed by atoms with Crippen LogP contribution in [-0.2, 0) is 0 Å². The van der Waals surface area contributed by atoms with E-state index in [4.69, 9.17) is 4.74 Å². The minimum Gasteiger partial charge on any atom is -0.496 e. The van der Waals surface area contributed by atoms with E-state index in [0.29, 0.717) is 12.1 Å². The molecule has 1 amide bonds. The second-order valence-electron chi connectivity index (χ2n) is 6.23. The van der Waals surface area contributed by atoms with Crippen molar-refractivity contribution in [3.05, 3.63) is 41.3 Å². The number of carbonyl (C=O) groups is 1. The van der Waals surface area contributed by atoms with Gasteiger partial charge in [-0.05, 0) is 43.5 Å². The van der Waals surface area contributed by atoms with Crippen LogP contribution in [-0.4, -0.2) is 31.1 Å². The molecule has 0 spiro atoms. The molecule has 0 saturated carbocycles. The number of benzene rings is 1. The zero-order chi connectivity index (χ0) is 16.5. The predicted molar refractivity (Wildman–Crippen MR) is 97.3 cm³/mol. The minimum absolute atomic E-state index is 0.0474. The van der Waals surface area contributed by atoms with Gasteiger partial charge in [0.25, 0.3) is 5.91 Å². The van der Waals surface area contributed by atoms with Crippen molar-refractivity contribution in [2.75, 3.05) is 7.11 Å². The molecule has 0 unspecified atom stereocenters. The van der Waals surface area contributed by atoms with Gasteiger partial charge in [0.05, 0.1) is 21.1 Å². The summed E-state index contributed by atoms with van der Waals surface area (Å²) in [5.41, 5.74) is 0. The Labute approximate surface area is 150 Å². The summed E-state index contributed by atoms with van der Waals surface area (Å²) in [5.74, 6) is 0.904. The van der Waals surface area contributed by atoms with Crippen LogP contribution in [0.3, 0.4) is 0 Å². The van der Waals surface area contributed by atoms with Crippen LogP contribution in [0.2, 0.25) is 0 Å². The highest BCUT2D eigenvalue weighted by Crippen LogP contribution is 2.38. The number of thiophene rings is 1. The molecule has 2 aromatic rings. The van der Waals surface area contributed by atoms with Crippen molar-refractivity contribution < 1.29 is 9.53 Å². The average molecular weight is 361 g/mol. The van der Waals surface area contributed by atoms with Crippen molar-refractivity contribution in [3.63, 3.8) is 0 Å². The third-order valence-corrected chi connectivity index (χ3v) is 6.97. The maximum Gasteiger partial charge on any atom is 0.261 e. The second kappa shape index (κ2) is 6.78. The molecule has 4 rings (SSSR count). The Morgan fingerprint density at radius 2 is 2.17 bits per heavy atom. The molecule has 2 aliphatic rings. The van der Waals surface area contributed by atoms with Crippen LogP contribution in [0.25, 0.3) is 0 Å². The number of carbonyl (C=O) groups excluding carboxylic acids is 1. The summed E-state index contributed by atoms with van der Waals surface area (Å²) >= 11 is 3.17. The number of methoxy groups -OCH3 is 1. The number of fused-ring (bicyclic) bond motifs is 2. The Balaban J connectivity index is 1.42. The lowest BCUT2D eigenvalue weighted by atomic mass is 9.95. The first-order valence-corrected chi connectivity index (χ1v) is 9.84. The Morgan fingerprint density at radius 1 is 1.29 bits per heavy atom.